The topological polar surface area (TPSA) is 78.0 Å². The molecule has 0 N–H and O–H groups in total. The standard InChI is InChI=1S/C16H20N2O5/c1-16(2,3)23-15(20)18-8-7-12(10-22-18)13-6-5-11(9-17-13)14(19)21-4/h5-7,9H,8,10H2,1-4H3. The molecular formula is C16H20N2O5. The first kappa shape index (κ1) is 17.0. The van der Waals surface area contributed by atoms with Crippen LogP contribution in [0.1, 0.15) is 36.8 Å². The van der Waals surface area contributed by atoms with E-state index in [9.17, 15) is 9.59 Å². The highest BCUT2D eigenvalue weighted by molar-refractivity contribution is 5.89. The third-order valence-electron chi connectivity index (χ3n) is 2.99. The van der Waals surface area contributed by atoms with Crippen molar-refractivity contribution in [1.29, 1.82) is 0 Å². The number of hydrogen-bond donors (Lipinski definition) is 0. The van der Waals surface area contributed by atoms with Gasteiger partial charge in [0.2, 0.25) is 0 Å². The lowest BCUT2D eigenvalue weighted by molar-refractivity contribution is -0.133. The number of aromatic nitrogens is 1. The molecule has 2 rings (SSSR count). The van der Waals surface area contributed by atoms with Crippen molar-refractivity contribution in [2.24, 2.45) is 0 Å². The molecule has 7 nitrogen and oxygen atoms in total. The summed E-state index contributed by atoms with van der Waals surface area (Å²) in [6.45, 7) is 5.85. The minimum atomic E-state index is -0.574. The van der Waals surface area contributed by atoms with Crippen molar-refractivity contribution in [2.45, 2.75) is 26.4 Å². The summed E-state index contributed by atoms with van der Waals surface area (Å²) in [4.78, 5) is 32.9. The SMILES string of the molecule is COC(=O)c1ccc(C2=CCN(C(=O)OC(C)(C)C)OC2)nc1. The minimum Gasteiger partial charge on any atom is -0.465 e. The Labute approximate surface area is 134 Å². The summed E-state index contributed by atoms with van der Waals surface area (Å²) in [6.07, 6.45) is 2.76. The molecule has 7 heteroatoms. The molecule has 0 aliphatic carbocycles. The Balaban J connectivity index is 2.01. The van der Waals surface area contributed by atoms with Crippen LogP contribution in [0, 0.1) is 0 Å². The number of amides is 1. The number of carbonyl (C=O) groups excluding carboxylic acids is 2. The summed E-state index contributed by atoms with van der Waals surface area (Å²) < 4.78 is 9.86. The Kier molecular flexibility index (Phi) is 5.00. The summed E-state index contributed by atoms with van der Waals surface area (Å²) >= 11 is 0. The highest BCUT2D eigenvalue weighted by Crippen LogP contribution is 2.19. The molecule has 1 aliphatic heterocycles. The highest BCUT2D eigenvalue weighted by atomic mass is 16.7. The maximum atomic E-state index is 11.9. The number of ether oxygens (including phenoxy) is 2. The molecule has 1 aliphatic rings. The first-order valence-electron chi connectivity index (χ1n) is 7.17. The van der Waals surface area contributed by atoms with Crippen LogP contribution < -0.4 is 0 Å². The Bertz CT molecular complexity index is 616. The predicted molar refractivity (Wildman–Crippen MR) is 82.4 cm³/mol. The zero-order valence-electron chi connectivity index (χ0n) is 13.7. The van der Waals surface area contributed by atoms with E-state index < -0.39 is 17.7 Å². The van der Waals surface area contributed by atoms with Crippen molar-refractivity contribution in [2.75, 3.05) is 20.3 Å². The lowest BCUT2D eigenvalue weighted by Crippen LogP contribution is -2.39. The van der Waals surface area contributed by atoms with E-state index >= 15 is 0 Å². The molecule has 0 unspecified atom stereocenters. The maximum absolute atomic E-state index is 11.9. The number of esters is 1. The zero-order valence-corrected chi connectivity index (χ0v) is 13.7. The fourth-order valence-corrected chi connectivity index (χ4v) is 1.89. The second-order valence-corrected chi connectivity index (χ2v) is 5.97. The van der Waals surface area contributed by atoms with Crippen LogP contribution in [-0.4, -0.2) is 48.0 Å². The number of hydrogen-bond acceptors (Lipinski definition) is 6. The van der Waals surface area contributed by atoms with Crippen LogP contribution >= 0.6 is 0 Å². The molecule has 0 fully saturated rings. The Hall–Kier alpha value is -2.41. The van der Waals surface area contributed by atoms with E-state index in [1.54, 1.807) is 32.9 Å². The normalized spacial score (nSPS) is 15.0. The molecule has 2 heterocycles. The van der Waals surface area contributed by atoms with E-state index in [4.69, 9.17) is 9.57 Å². The molecule has 0 saturated heterocycles. The number of rotatable bonds is 2. The lowest BCUT2D eigenvalue weighted by atomic mass is 10.1. The zero-order chi connectivity index (χ0) is 17.0. The van der Waals surface area contributed by atoms with E-state index in [1.165, 1.54) is 13.3 Å². The van der Waals surface area contributed by atoms with Crippen LogP contribution in [0.3, 0.4) is 0 Å². The summed E-state index contributed by atoms with van der Waals surface area (Å²) in [6, 6.07) is 3.35. The maximum Gasteiger partial charge on any atom is 0.434 e. The van der Waals surface area contributed by atoms with Crippen molar-refractivity contribution in [3.63, 3.8) is 0 Å². The number of pyridine rings is 1. The van der Waals surface area contributed by atoms with Crippen molar-refractivity contribution >= 4 is 17.6 Å². The van der Waals surface area contributed by atoms with Crippen LogP contribution in [0.4, 0.5) is 4.79 Å². The molecule has 1 amide bonds. The Morgan fingerprint density at radius 1 is 1.30 bits per heavy atom. The summed E-state index contributed by atoms with van der Waals surface area (Å²) in [5.74, 6) is -0.436. The Morgan fingerprint density at radius 3 is 2.52 bits per heavy atom. The van der Waals surface area contributed by atoms with E-state index in [0.717, 1.165) is 10.6 Å². The molecule has 0 atom stereocenters. The van der Waals surface area contributed by atoms with Gasteiger partial charge in [-0.05, 0) is 32.9 Å². The first-order chi connectivity index (χ1) is 10.8. The molecule has 1 aromatic rings. The van der Waals surface area contributed by atoms with E-state index in [0.29, 0.717) is 11.3 Å². The van der Waals surface area contributed by atoms with Crippen LogP contribution in [0.2, 0.25) is 0 Å². The number of hydroxylamine groups is 2. The van der Waals surface area contributed by atoms with Gasteiger partial charge >= 0.3 is 12.1 Å². The quantitative estimate of drug-likeness (QED) is 0.779. The van der Waals surface area contributed by atoms with Gasteiger partial charge in [0.25, 0.3) is 0 Å². The summed E-state index contributed by atoms with van der Waals surface area (Å²) in [5.41, 5.74) is 1.32. The van der Waals surface area contributed by atoms with Crippen LogP contribution in [0.25, 0.3) is 5.57 Å². The van der Waals surface area contributed by atoms with Gasteiger partial charge in [-0.1, -0.05) is 6.08 Å². The van der Waals surface area contributed by atoms with Crippen molar-refractivity contribution in [3.05, 3.63) is 35.7 Å². The summed E-state index contributed by atoms with van der Waals surface area (Å²) in [7, 11) is 1.32. The number of nitrogens with zero attached hydrogens (tertiary/aromatic N) is 2. The van der Waals surface area contributed by atoms with Gasteiger partial charge in [0, 0.05) is 11.8 Å². The van der Waals surface area contributed by atoms with Gasteiger partial charge in [-0.3, -0.25) is 9.82 Å². The molecule has 0 bridgehead atoms. The number of methoxy groups -OCH3 is 1. The van der Waals surface area contributed by atoms with Crippen LogP contribution in [0.15, 0.2) is 24.4 Å². The number of carbonyl (C=O) groups is 2. The highest BCUT2D eigenvalue weighted by Gasteiger charge is 2.25. The molecular weight excluding hydrogens is 300 g/mol. The Morgan fingerprint density at radius 2 is 2.04 bits per heavy atom. The third kappa shape index (κ3) is 4.53. The molecule has 0 aromatic carbocycles. The molecule has 0 saturated carbocycles. The molecule has 124 valence electrons. The summed E-state index contributed by atoms with van der Waals surface area (Å²) in [5, 5.41) is 1.16. The lowest BCUT2D eigenvalue weighted by Gasteiger charge is -2.28. The predicted octanol–water partition coefficient (Wildman–Crippen LogP) is 2.43. The second-order valence-electron chi connectivity index (χ2n) is 5.97. The van der Waals surface area contributed by atoms with Crippen molar-refractivity contribution < 1.29 is 23.9 Å². The first-order valence-corrected chi connectivity index (χ1v) is 7.17. The van der Waals surface area contributed by atoms with Gasteiger partial charge in [0.05, 0.1) is 24.9 Å². The smallest absolute Gasteiger partial charge is 0.434 e. The largest absolute Gasteiger partial charge is 0.465 e. The van der Waals surface area contributed by atoms with E-state index in [-0.39, 0.29) is 13.2 Å². The van der Waals surface area contributed by atoms with E-state index in [2.05, 4.69) is 9.72 Å². The average Bonchev–Trinajstić information content (AvgIpc) is 2.53. The molecule has 0 radical (unpaired) electrons. The van der Waals surface area contributed by atoms with Crippen LogP contribution in [-0.2, 0) is 14.3 Å². The minimum absolute atomic E-state index is 0.198. The van der Waals surface area contributed by atoms with Crippen molar-refractivity contribution in [3.8, 4) is 0 Å². The van der Waals surface area contributed by atoms with Gasteiger partial charge in [0.1, 0.15) is 12.2 Å². The fourth-order valence-electron chi connectivity index (χ4n) is 1.89. The molecule has 1 aromatic heterocycles. The van der Waals surface area contributed by atoms with Gasteiger partial charge in [-0.25, -0.2) is 9.59 Å². The van der Waals surface area contributed by atoms with Gasteiger partial charge < -0.3 is 9.47 Å². The average molecular weight is 320 g/mol. The monoisotopic (exact) mass is 320 g/mol. The fraction of sp³-hybridized carbons (Fsp3) is 0.438. The second kappa shape index (κ2) is 6.78. The van der Waals surface area contributed by atoms with Crippen molar-refractivity contribution in [1.82, 2.24) is 10.0 Å². The van der Waals surface area contributed by atoms with Gasteiger partial charge in [0.15, 0.2) is 0 Å². The van der Waals surface area contributed by atoms with E-state index in [1.807, 2.05) is 6.08 Å². The van der Waals surface area contributed by atoms with Gasteiger partial charge in [-0.15, -0.1) is 0 Å². The van der Waals surface area contributed by atoms with Gasteiger partial charge in [-0.2, -0.15) is 5.06 Å². The molecule has 23 heavy (non-hydrogen) atoms. The van der Waals surface area contributed by atoms with Crippen LogP contribution in [0.5, 0.6) is 0 Å². The third-order valence-corrected chi connectivity index (χ3v) is 2.99. The molecule has 0 spiro atoms.